The molecule has 2 aromatic rings. The van der Waals surface area contributed by atoms with Crippen LogP contribution in [-0.2, 0) is 4.79 Å². The molecule has 0 aliphatic carbocycles. The van der Waals surface area contributed by atoms with E-state index < -0.39 is 0 Å². The third kappa shape index (κ3) is 5.73. The van der Waals surface area contributed by atoms with Crippen molar-refractivity contribution in [3.63, 3.8) is 0 Å². The van der Waals surface area contributed by atoms with Crippen molar-refractivity contribution in [2.75, 3.05) is 44.2 Å². The molecule has 156 valence electrons. The van der Waals surface area contributed by atoms with E-state index in [-0.39, 0.29) is 17.6 Å². The number of amides is 1. The number of benzene rings is 1. The summed E-state index contributed by atoms with van der Waals surface area (Å²) in [7, 11) is 0. The molecule has 29 heavy (non-hydrogen) atoms. The first-order chi connectivity index (χ1) is 14.1. The molecule has 1 aliphatic heterocycles. The van der Waals surface area contributed by atoms with Gasteiger partial charge >= 0.3 is 0 Å². The molecule has 1 unspecified atom stereocenters. The smallest absolute Gasteiger partial charge is 0.225 e. The number of piperidine rings is 1. The molecule has 1 aliphatic rings. The highest BCUT2D eigenvalue weighted by Gasteiger charge is 2.27. The van der Waals surface area contributed by atoms with Gasteiger partial charge in [-0.3, -0.25) is 4.79 Å². The van der Waals surface area contributed by atoms with Gasteiger partial charge in [0.1, 0.15) is 5.82 Å². The summed E-state index contributed by atoms with van der Waals surface area (Å²) in [5.41, 5.74) is 1.52. The van der Waals surface area contributed by atoms with Gasteiger partial charge in [0.05, 0.1) is 5.92 Å². The van der Waals surface area contributed by atoms with Crippen LogP contribution in [0.5, 0.6) is 0 Å². The minimum absolute atomic E-state index is 0.0491. The van der Waals surface area contributed by atoms with Gasteiger partial charge < -0.3 is 15.1 Å². The van der Waals surface area contributed by atoms with Gasteiger partial charge in [0.15, 0.2) is 0 Å². The first kappa shape index (κ1) is 21.2. The highest BCUT2D eigenvalue weighted by molar-refractivity contribution is 5.79. The molecule has 7 heteroatoms. The molecule has 0 saturated carbocycles. The van der Waals surface area contributed by atoms with Gasteiger partial charge in [0.2, 0.25) is 11.9 Å². The molecule has 1 fully saturated rings. The van der Waals surface area contributed by atoms with Crippen LogP contribution in [0, 0.1) is 11.7 Å². The average molecular weight is 400 g/mol. The summed E-state index contributed by atoms with van der Waals surface area (Å²) in [5, 5.41) is 3.08. The van der Waals surface area contributed by atoms with Gasteiger partial charge in [-0.25, -0.2) is 14.4 Å². The Hall–Kier alpha value is -2.54. The largest absolute Gasteiger partial charge is 0.355 e. The summed E-state index contributed by atoms with van der Waals surface area (Å²) in [4.78, 5) is 25.9. The Labute approximate surface area is 172 Å². The molecule has 6 nitrogen and oxygen atoms in total. The molecule has 2 heterocycles. The van der Waals surface area contributed by atoms with Crippen molar-refractivity contribution >= 4 is 11.9 Å². The van der Waals surface area contributed by atoms with E-state index in [4.69, 9.17) is 0 Å². The summed E-state index contributed by atoms with van der Waals surface area (Å²) in [6.45, 7) is 9.25. The molecule has 1 amide bonds. The molecule has 3 rings (SSSR count). The Morgan fingerprint density at radius 1 is 1.24 bits per heavy atom. The van der Waals surface area contributed by atoms with Crippen molar-refractivity contribution in [2.24, 2.45) is 5.92 Å². The summed E-state index contributed by atoms with van der Waals surface area (Å²) in [6, 6.07) is 6.39. The zero-order valence-electron chi connectivity index (χ0n) is 17.3. The summed E-state index contributed by atoms with van der Waals surface area (Å²) >= 11 is 0. The zero-order chi connectivity index (χ0) is 20.6. The average Bonchev–Trinajstić information content (AvgIpc) is 2.77. The Balaban J connectivity index is 1.56. The number of carbonyl (C=O) groups is 1. The highest BCUT2D eigenvalue weighted by Crippen LogP contribution is 2.23. The van der Waals surface area contributed by atoms with Crippen LogP contribution >= 0.6 is 0 Å². The van der Waals surface area contributed by atoms with Crippen molar-refractivity contribution in [1.29, 1.82) is 0 Å². The van der Waals surface area contributed by atoms with Gasteiger partial charge in [-0.05, 0) is 43.6 Å². The fraction of sp³-hybridized carbons (Fsp3) is 0.500. The van der Waals surface area contributed by atoms with E-state index in [1.807, 2.05) is 6.07 Å². The SMILES string of the molecule is CCN(CC)CCNC(=O)C1CCCN(c2ncc(-c3cccc(F)c3)cn2)C1. The molecule has 1 saturated heterocycles. The third-order valence-corrected chi connectivity index (χ3v) is 5.49. The molecule has 0 bridgehead atoms. The number of hydrogen-bond acceptors (Lipinski definition) is 5. The first-order valence-electron chi connectivity index (χ1n) is 10.4. The van der Waals surface area contributed by atoms with Gasteiger partial charge in [0, 0.05) is 44.1 Å². The van der Waals surface area contributed by atoms with Crippen LogP contribution in [-0.4, -0.2) is 60.0 Å². The van der Waals surface area contributed by atoms with Gasteiger partial charge in [-0.1, -0.05) is 26.0 Å². The number of hydrogen-bond donors (Lipinski definition) is 1. The van der Waals surface area contributed by atoms with E-state index in [0.717, 1.165) is 50.1 Å². The Morgan fingerprint density at radius 3 is 2.69 bits per heavy atom. The summed E-state index contributed by atoms with van der Waals surface area (Å²) in [6.07, 6.45) is 5.24. The molecular formula is C22H30FN5O. The van der Waals surface area contributed by atoms with Crippen LogP contribution in [0.4, 0.5) is 10.3 Å². The fourth-order valence-electron chi connectivity index (χ4n) is 3.70. The number of anilines is 1. The number of carbonyl (C=O) groups excluding carboxylic acids is 1. The molecule has 0 radical (unpaired) electrons. The predicted molar refractivity (Wildman–Crippen MR) is 113 cm³/mol. The third-order valence-electron chi connectivity index (χ3n) is 5.49. The van der Waals surface area contributed by atoms with Crippen molar-refractivity contribution in [3.8, 4) is 11.1 Å². The number of rotatable bonds is 8. The fourth-order valence-corrected chi connectivity index (χ4v) is 3.70. The van der Waals surface area contributed by atoms with Crippen LogP contribution in [0.25, 0.3) is 11.1 Å². The van der Waals surface area contributed by atoms with Crippen LogP contribution < -0.4 is 10.2 Å². The monoisotopic (exact) mass is 399 g/mol. The minimum atomic E-state index is -0.280. The molecule has 0 spiro atoms. The Bertz CT molecular complexity index is 794. The van der Waals surface area contributed by atoms with Crippen LogP contribution in [0.2, 0.25) is 0 Å². The first-order valence-corrected chi connectivity index (χ1v) is 10.4. The zero-order valence-corrected chi connectivity index (χ0v) is 17.3. The van der Waals surface area contributed by atoms with Gasteiger partial charge in [0.25, 0.3) is 0 Å². The van der Waals surface area contributed by atoms with Crippen molar-refractivity contribution in [3.05, 3.63) is 42.5 Å². The maximum Gasteiger partial charge on any atom is 0.225 e. The molecule has 1 atom stereocenters. The van der Waals surface area contributed by atoms with Crippen molar-refractivity contribution in [1.82, 2.24) is 20.2 Å². The van der Waals surface area contributed by atoms with E-state index in [0.29, 0.717) is 19.0 Å². The lowest BCUT2D eigenvalue weighted by Crippen LogP contribution is -2.45. The Morgan fingerprint density at radius 2 is 2.00 bits per heavy atom. The summed E-state index contributed by atoms with van der Waals surface area (Å²) in [5.74, 6) is 0.397. The number of nitrogens with one attached hydrogen (secondary N) is 1. The van der Waals surface area contributed by atoms with Crippen molar-refractivity contribution < 1.29 is 9.18 Å². The second-order valence-corrected chi connectivity index (χ2v) is 7.39. The van der Waals surface area contributed by atoms with E-state index >= 15 is 0 Å². The van der Waals surface area contributed by atoms with E-state index in [1.165, 1.54) is 12.1 Å². The summed E-state index contributed by atoms with van der Waals surface area (Å²) < 4.78 is 13.4. The van der Waals surface area contributed by atoms with Crippen LogP contribution in [0.15, 0.2) is 36.7 Å². The topological polar surface area (TPSA) is 61.4 Å². The number of likely N-dealkylation sites (N-methyl/N-ethyl adjacent to an activating group) is 1. The van der Waals surface area contributed by atoms with Crippen molar-refractivity contribution in [2.45, 2.75) is 26.7 Å². The lowest BCUT2D eigenvalue weighted by Gasteiger charge is -2.32. The predicted octanol–water partition coefficient (Wildman–Crippen LogP) is 2.96. The highest BCUT2D eigenvalue weighted by atomic mass is 19.1. The van der Waals surface area contributed by atoms with E-state index in [2.05, 4.69) is 38.9 Å². The van der Waals surface area contributed by atoms with E-state index in [9.17, 15) is 9.18 Å². The maximum atomic E-state index is 13.4. The normalized spacial score (nSPS) is 16.8. The maximum absolute atomic E-state index is 13.4. The minimum Gasteiger partial charge on any atom is -0.355 e. The van der Waals surface area contributed by atoms with E-state index in [1.54, 1.807) is 18.5 Å². The molecule has 1 N–H and O–H groups in total. The van der Waals surface area contributed by atoms with Crippen LogP contribution in [0.3, 0.4) is 0 Å². The second kappa shape index (κ2) is 10.3. The Kier molecular flexibility index (Phi) is 7.52. The lowest BCUT2D eigenvalue weighted by molar-refractivity contribution is -0.125. The number of nitrogens with zero attached hydrogens (tertiary/aromatic N) is 4. The van der Waals surface area contributed by atoms with Gasteiger partial charge in [-0.2, -0.15) is 0 Å². The number of halogens is 1. The molecule has 1 aromatic heterocycles. The quantitative estimate of drug-likeness (QED) is 0.740. The lowest BCUT2D eigenvalue weighted by atomic mass is 9.97. The molecular weight excluding hydrogens is 369 g/mol. The standard InChI is InChI=1S/C22H30FN5O/c1-3-27(4-2)12-10-24-21(29)18-8-6-11-28(16-18)22-25-14-19(15-26-22)17-7-5-9-20(23)13-17/h5,7,9,13-15,18H,3-4,6,8,10-12,16H2,1-2H3,(H,24,29). The van der Waals surface area contributed by atoms with Gasteiger partial charge in [-0.15, -0.1) is 0 Å². The second-order valence-electron chi connectivity index (χ2n) is 7.39. The molecule has 1 aromatic carbocycles. The number of aromatic nitrogens is 2. The van der Waals surface area contributed by atoms with Crippen LogP contribution in [0.1, 0.15) is 26.7 Å².